The van der Waals surface area contributed by atoms with Gasteiger partial charge in [0, 0.05) is 18.0 Å². The average molecular weight is 498 g/mol. The number of hydrazine groups is 1. The van der Waals surface area contributed by atoms with Crippen molar-refractivity contribution in [3.8, 4) is 0 Å². The lowest BCUT2D eigenvalue weighted by Crippen LogP contribution is -2.31. The van der Waals surface area contributed by atoms with E-state index >= 15 is 0 Å². The number of benzene rings is 3. The fourth-order valence-corrected chi connectivity index (χ4v) is 5.56. The molecule has 0 saturated heterocycles. The summed E-state index contributed by atoms with van der Waals surface area (Å²) in [5.41, 5.74) is 2.94. The van der Waals surface area contributed by atoms with Crippen LogP contribution in [-0.2, 0) is 0 Å². The van der Waals surface area contributed by atoms with Gasteiger partial charge in [0.25, 0.3) is 0 Å². The van der Waals surface area contributed by atoms with Crippen LogP contribution >= 0.6 is 35.5 Å². The summed E-state index contributed by atoms with van der Waals surface area (Å²) < 4.78 is 1.46. The van der Waals surface area contributed by atoms with Crippen LogP contribution in [0.3, 0.4) is 0 Å². The number of aliphatic hydroxyl groups is 3. The van der Waals surface area contributed by atoms with Crippen molar-refractivity contribution in [3.05, 3.63) is 119 Å². The lowest BCUT2D eigenvalue weighted by molar-refractivity contribution is 0.258. The molecule has 0 radical (unpaired) electrons. The van der Waals surface area contributed by atoms with Crippen molar-refractivity contribution in [3.63, 3.8) is 0 Å². The van der Waals surface area contributed by atoms with Crippen molar-refractivity contribution in [1.82, 2.24) is 9.95 Å². The highest BCUT2D eigenvalue weighted by Crippen LogP contribution is 2.38. The molecule has 0 fully saturated rings. The molecule has 3 aromatic carbocycles. The second-order valence-electron chi connectivity index (χ2n) is 6.96. The highest BCUT2D eigenvalue weighted by molar-refractivity contribution is 8.14. The third-order valence-electron chi connectivity index (χ3n) is 4.57. The van der Waals surface area contributed by atoms with Gasteiger partial charge in [-0.15, -0.1) is 9.62 Å². The molecule has 0 amide bonds. The van der Waals surface area contributed by atoms with Crippen molar-refractivity contribution < 1.29 is 15.3 Å². The zero-order valence-corrected chi connectivity index (χ0v) is 19.9. The predicted molar refractivity (Wildman–Crippen MR) is 137 cm³/mol. The normalized spacial score (nSPS) is 16.3. The molecule has 6 nitrogen and oxygen atoms in total. The first-order chi connectivity index (χ1) is 16.1. The molecule has 4 rings (SSSR count). The predicted octanol–water partition coefficient (Wildman–Crippen LogP) is 5.15. The van der Waals surface area contributed by atoms with Gasteiger partial charge in [0.2, 0.25) is 0 Å². The van der Waals surface area contributed by atoms with Crippen molar-refractivity contribution in [2.24, 2.45) is 5.10 Å². The van der Waals surface area contributed by atoms with Gasteiger partial charge >= 0.3 is 0 Å². The number of thioether (sulfide) groups is 2. The molecule has 4 N–H and O–H groups in total. The molecule has 170 valence electrons. The van der Waals surface area contributed by atoms with Crippen LogP contribution < -0.4 is 5.43 Å². The standard InChI is InChI=1S/C24H23N3O3S3/c28-22(17-10-4-1-5-11-17)31-20-16-21(32-23(29)18-12-6-2-7-13-18)26-27(25-20)33-24(30)19-14-8-3-9-15-19/h1-16,22-25,28-30H. The van der Waals surface area contributed by atoms with Crippen LogP contribution in [0.25, 0.3) is 0 Å². The number of nitrogens with zero attached hydrogens (tertiary/aromatic N) is 2. The zero-order valence-electron chi connectivity index (χ0n) is 17.4. The van der Waals surface area contributed by atoms with E-state index in [2.05, 4.69) is 10.5 Å². The van der Waals surface area contributed by atoms with E-state index in [4.69, 9.17) is 0 Å². The molecule has 0 spiro atoms. The van der Waals surface area contributed by atoms with E-state index in [9.17, 15) is 15.3 Å². The number of hydrazone groups is 1. The molecule has 9 heteroatoms. The van der Waals surface area contributed by atoms with Crippen LogP contribution in [0.2, 0.25) is 0 Å². The van der Waals surface area contributed by atoms with Crippen molar-refractivity contribution >= 4 is 40.5 Å². The first-order valence-corrected chi connectivity index (χ1v) is 12.7. The van der Waals surface area contributed by atoms with Crippen LogP contribution in [0.1, 0.15) is 33.0 Å². The Kier molecular flexibility index (Phi) is 8.38. The van der Waals surface area contributed by atoms with Crippen LogP contribution in [-0.4, -0.2) is 24.9 Å². The van der Waals surface area contributed by atoms with Crippen molar-refractivity contribution in [1.29, 1.82) is 0 Å². The SMILES string of the molecule is OC(SC1=CC(SC(O)c2ccccc2)=NN(SC(O)c2ccccc2)N1)c1ccccc1. The zero-order chi connectivity index (χ0) is 23.0. The van der Waals surface area contributed by atoms with Crippen LogP contribution in [0.5, 0.6) is 0 Å². The maximum atomic E-state index is 10.7. The monoisotopic (exact) mass is 497 g/mol. The number of rotatable bonds is 8. The topological polar surface area (TPSA) is 88.3 Å². The summed E-state index contributed by atoms with van der Waals surface area (Å²) in [5, 5.41) is 37.7. The van der Waals surface area contributed by atoms with Crippen molar-refractivity contribution in [2.45, 2.75) is 16.3 Å². The Morgan fingerprint density at radius 2 is 1.09 bits per heavy atom. The van der Waals surface area contributed by atoms with E-state index in [0.29, 0.717) is 10.1 Å². The van der Waals surface area contributed by atoms with Gasteiger partial charge in [-0.2, -0.15) is 0 Å². The second-order valence-corrected chi connectivity index (χ2v) is 10.2. The molecular weight excluding hydrogens is 474 g/mol. The minimum absolute atomic E-state index is 0.542. The summed E-state index contributed by atoms with van der Waals surface area (Å²) >= 11 is 3.49. The lowest BCUT2D eigenvalue weighted by Gasteiger charge is -2.28. The highest BCUT2D eigenvalue weighted by atomic mass is 32.2. The highest BCUT2D eigenvalue weighted by Gasteiger charge is 2.23. The Morgan fingerprint density at radius 3 is 1.61 bits per heavy atom. The van der Waals surface area contributed by atoms with Gasteiger partial charge in [-0.05, 0) is 16.7 Å². The van der Waals surface area contributed by atoms with Crippen molar-refractivity contribution in [2.75, 3.05) is 0 Å². The summed E-state index contributed by atoms with van der Waals surface area (Å²) in [6, 6.07) is 28.0. The molecule has 1 heterocycles. The van der Waals surface area contributed by atoms with Gasteiger partial charge in [0.1, 0.15) is 21.4 Å². The third-order valence-corrected chi connectivity index (χ3v) is 7.31. The minimum atomic E-state index is -0.851. The van der Waals surface area contributed by atoms with E-state index in [1.165, 1.54) is 28.0 Å². The molecule has 33 heavy (non-hydrogen) atoms. The molecule has 1 aliphatic rings. The second kappa shape index (κ2) is 11.6. The van der Waals surface area contributed by atoms with E-state index in [-0.39, 0.29) is 0 Å². The Labute approximate surface area is 205 Å². The maximum absolute atomic E-state index is 10.7. The minimum Gasteiger partial charge on any atom is -0.378 e. The molecule has 3 atom stereocenters. The van der Waals surface area contributed by atoms with Crippen LogP contribution in [0.4, 0.5) is 0 Å². The van der Waals surface area contributed by atoms with Gasteiger partial charge < -0.3 is 15.3 Å². The third kappa shape index (κ3) is 6.80. The number of aliphatic hydroxyl groups excluding tert-OH is 3. The Balaban J connectivity index is 1.52. The van der Waals surface area contributed by atoms with Gasteiger partial charge in [0.15, 0.2) is 0 Å². The first-order valence-electron chi connectivity index (χ1n) is 10.1. The quantitative estimate of drug-likeness (QED) is 0.251. The summed E-state index contributed by atoms with van der Waals surface area (Å²) in [5.74, 6) is 0. The summed E-state index contributed by atoms with van der Waals surface area (Å²) in [6.45, 7) is 0. The van der Waals surface area contributed by atoms with Crippen LogP contribution in [0.15, 0.2) is 107 Å². The molecule has 0 saturated carbocycles. The number of nitrogens with one attached hydrogen (secondary N) is 1. The largest absolute Gasteiger partial charge is 0.378 e. The summed E-state index contributed by atoms with van der Waals surface area (Å²) in [6.07, 6.45) is 1.78. The average Bonchev–Trinajstić information content (AvgIpc) is 2.85. The Bertz CT molecular complexity index is 1090. The molecule has 0 bridgehead atoms. The molecule has 0 aromatic heterocycles. The molecule has 3 unspecified atom stereocenters. The molecule has 3 aromatic rings. The fourth-order valence-electron chi connectivity index (χ4n) is 2.93. The maximum Gasteiger partial charge on any atom is 0.147 e. The first kappa shape index (κ1) is 23.7. The van der Waals surface area contributed by atoms with Gasteiger partial charge in [-0.1, -0.05) is 115 Å². The Hall–Kier alpha value is -2.40. The van der Waals surface area contributed by atoms with E-state index in [1.807, 2.05) is 91.0 Å². The summed E-state index contributed by atoms with van der Waals surface area (Å²) in [4.78, 5) is 0. The number of hydrogen-bond acceptors (Lipinski definition) is 9. The Morgan fingerprint density at radius 1 is 0.636 bits per heavy atom. The molecule has 0 aliphatic carbocycles. The molecule has 1 aliphatic heterocycles. The fraction of sp³-hybridized carbons (Fsp3) is 0.125. The number of hydrogen-bond donors (Lipinski definition) is 4. The summed E-state index contributed by atoms with van der Waals surface area (Å²) in [7, 11) is 0. The van der Waals surface area contributed by atoms with Gasteiger partial charge in [-0.25, -0.2) is 0 Å². The van der Waals surface area contributed by atoms with E-state index in [0.717, 1.165) is 28.6 Å². The van der Waals surface area contributed by atoms with Crippen LogP contribution in [0, 0.1) is 0 Å². The van der Waals surface area contributed by atoms with E-state index < -0.39 is 16.3 Å². The molecular formula is C24H23N3O3S3. The lowest BCUT2D eigenvalue weighted by atomic mass is 10.2. The van der Waals surface area contributed by atoms with Gasteiger partial charge in [0.05, 0.1) is 5.03 Å². The smallest absolute Gasteiger partial charge is 0.147 e. The van der Waals surface area contributed by atoms with E-state index in [1.54, 1.807) is 6.08 Å². The van der Waals surface area contributed by atoms with Gasteiger partial charge in [-0.3, -0.25) is 5.43 Å².